The van der Waals surface area contributed by atoms with E-state index in [1.807, 2.05) is 30.3 Å². The predicted molar refractivity (Wildman–Crippen MR) is 73.5 cm³/mol. The maximum Gasteiger partial charge on any atom is 0.407 e. The first-order chi connectivity index (χ1) is 9.03. The van der Waals surface area contributed by atoms with Crippen molar-refractivity contribution in [3.05, 3.63) is 48.6 Å². The van der Waals surface area contributed by atoms with E-state index in [4.69, 9.17) is 4.74 Å². The monoisotopic (exact) mass is 283 g/mol. The van der Waals surface area contributed by atoms with Gasteiger partial charge in [0.25, 0.3) is 0 Å². The van der Waals surface area contributed by atoms with Gasteiger partial charge in [-0.3, -0.25) is 0 Å². The average molecular weight is 283 g/mol. The number of rotatable bonds is 7. The molecule has 0 heterocycles. The van der Waals surface area contributed by atoms with Crippen LogP contribution in [0.4, 0.5) is 4.79 Å². The van der Waals surface area contributed by atoms with Crippen LogP contribution in [0.1, 0.15) is 5.56 Å². The van der Waals surface area contributed by atoms with Crippen LogP contribution in [-0.4, -0.2) is 32.6 Å². The van der Waals surface area contributed by atoms with Gasteiger partial charge in [0.2, 0.25) is 0 Å². The summed E-state index contributed by atoms with van der Waals surface area (Å²) in [5.41, 5.74) is 0.872. The molecule has 1 amide bonds. The molecule has 0 unspecified atom stereocenters. The predicted octanol–water partition coefficient (Wildman–Crippen LogP) is 1.51. The summed E-state index contributed by atoms with van der Waals surface area (Å²) in [6.45, 7) is 3.55. The highest BCUT2D eigenvalue weighted by Gasteiger charge is 2.09. The van der Waals surface area contributed by atoms with E-state index >= 15 is 0 Å². The summed E-state index contributed by atoms with van der Waals surface area (Å²) in [6, 6.07) is 9.23. The van der Waals surface area contributed by atoms with Gasteiger partial charge in [0.15, 0.2) is 9.84 Å². The van der Waals surface area contributed by atoms with E-state index in [9.17, 15) is 13.2 Å². The Morgan fingerprint density at radius 3 is 2.63 bits per heavy atom. The Morgan fingerprint density at radius 2 is 2.00 bits per heavy atom. The molecule has 0 bridgehead atoms. The van der Waals surface area contributed by atoms with Gasteiger partial charge in [-0.2, -0.15) is 0 Å². The lowest BCUT2D eigenvalue weighted by Crippen LogP contribution is -2.30. The zero-order chi connectivity index (χ0) is 14.1. The molecule has 0 spiro atoms. The summed E-state index contributed by atoms with van der Waals surface area (Å²) in [6.07, 6.45) is 0.695. The summed E-state index contributed by atoms with van der Waals surface area (Å²) >= 11 is 0. The summed E-state index contributed by atoms with van der Waals surface area (Å²) in [4.78, 5) is 11.3. The first-order valence-corrected chi connectivity index (χ1v) is 7.61. The molecule has 0 saturated heterocycles. The number of carbonyl (C=O) groups excluding carboxylic acids is 1. The molecule has 1 rings (SSSR count). The van der Waals surface area contributed by atoms with Crippen LogP contribution < -0.4 is 5.32 Å². The van der Waals surface area contributed by atoms with Crippen molar-refractivity contribution in [2.45, 2.75) is 6.61 Å². The third-order valence-electron chi connectivity index (χ3n) is 2.27. The quantitative estimate of drug-likeness (QED) is 0.770. The van der Waals surface area contributed by atoms with Crippen molar-refractivity contribution in [1.29, 1.82) is 0 Å². The molecule has 0 atom stereocenters. The Kier molecular flexibility index (Phi) is 6.08. The minimum Gasteiger partial charge on any atom is -0.445 e. The van der Waals surface area contributed by atoms with Crippen LogP contribution in [0.25, 0.3) is 0 Å². The molecule has 0 aromatic heterocycles. The number of sulfone groups is 1. The maximum atomic E-state index is 11.3. The molecule has 104 valence electrons. The molecular formula is C13H17NO4S. The highest BCUT2D eigenvalue weighted by atomic mass is 32.2. The van der Waals surface area contributed by atoms with Gasteiger partial charge < -0.3 is 10.1 Å². The van der Waals surface area contributed by atoms with Crippen LogP contribution in [0.5, 0.6) is 0 Å². The van der Waals surface area contributed by atoms with E-state index < -0.39 is 15.9 Å². The smallest absolute Gasteiger partial charge is 0.407 e. The topological polar surface area (TPSA) is 72.5 Å². The van der Waals surface area contributed by atoms with Gasteiger partial charge in [-0.1, -0.05) is 36.4 Å². The van der Waals surface area contributed by atoms with E-state index in [2.05, 4.69) is 11.9 Å². The molecule has 1 aromatic carbocycles. The summed E-state index contributed by atoms with van der Waals surface area (Å²) in [5.74, 6) is -0.215. The van der Waals surface area contributed by atoms with E-state index in [1.54, 1.807) is 0 Å². The van der Waals surface area contributed by atoms with Crippen LogP contribution in [0, 0.1) is 0 Å². The molecule has 5 nitrogen and oxygen atoms in total. The van der Waals surface area contributed by atoms with Crippen molar-refractivity contribution in [3.8, 4) is 0 Å². The first kappa shape index (κ1) is 15.2. The van der Waals surface area contributed by atoms with Gasteiger partial charge in [-0.15, -0.1) is 6.58 Å². The van der Waals surface area contributed by atoms with Crippen molar-refractivity contribution in [3.63, 3.8) is 0 Å². The third kappa shape index (κ3) is 6.61. The number of nitrogens with one attached hydrogen (secondary N) is 1. The summed E-state index contributed by atoms with van der Waals surface area (Å²) in [7, 11) is -3.18. The third-order valence-corrected chi connectivity index (χ3v) is 3.84. The van der Waals surface area contributed by atoms with Crippen LogP contribution in [0.3, 0.4) is 0 Å². The Labute approximate surface area is 113 Å². The number of amides is 1. The average Bonchev–Trinajstić information content (AvgIpc) is 2.37. The van der Waals surface area contributed by atoms with Crippen LogP contribution in [-0.2, 0) is 21.2 Å². The molecule has 0 aliphatic heterocycles. The Balaban J connectivity index is 2.24. The van der Waals surface area contributed by atoms with E-state index in [1.165, 1.54) is 6.08 Å². The fourth-order valence-electron chi connectivity index (χ4n) is 1.35. The van der Waals surface area contributed by atoms with Gasteiger partial charge in [0, 0.05) is 6.54 Å². The van der Waals surface area contributed by atoms with E-state index in [-0.39, 0.29) is 24.7 Å². The zero-order valence-corrected chi connectivity index (χ0v) is 11.4. The van der Waals surface area contributed by atoms with Gasteiger partial charge in [-0.05, 0) is 5.56 Å². The molecule has 19 heavy (non-hydrogen) atoms. The standard InChI is InChI=1S/C13H17NO4S/c1-2-9-19(16,17)10-8-14-13(15)18-11-12-6-4-3-5-7-12/h2-7H,1,8-11H2,(H,14,15). The highest BCUT2D eigenvalue weighted by Crippen LogP contribution is 2.00. The van der Waals surface area contributed by atoms with Crippen molar-refractivity contribution in [1.82, 2.24) is 5.32 Å². The fourth-order valence-corrected chi connectivity index (χ4v) is 2.28. The van der Waals surface area contributed by atoms with Crippen LogP contribution in [0.15, 0.2) is 43.0 Å². The molecule has 0 saturated carbocycles. The Bertz CT molecular complexity index is 511. The number of alkyl carbamates (subject to hydrolysis) is 1. The number of hydrogen-bond acceptors (Lipinski definition) is 4. The summed E-state index contributed by atoms with van der Waals surface area (Å²) in [5, 5.41) is 2.39. The van der Waals surface area contributed by atoms with Gasteiger partial charge in [-0.25, -0.2) is 13.2 Å². The molecule has 0 fully saturated rings. The summed E-state index contributed by atoms with van der Waals surface area (Å²) < 4.78 is 27.6. The van der Waals surface area contributed by atoms with E-state index in [0.717, 1.165) is 5.56 Å². The Morgan fingerprint density at radius 1 is 1.32 bits per heavy atom. The minimum absolute atomic E-state index is 0.0315. The van der Waals surface area contributed by atoms with E-state index in [0.29, 0.717) is 0 Å². The van der Waals surface area contributed by atoms with Crippen LogP contribution in [0.2, 0.25) is 0 Å². The SMILES string of the molecule is C=CCS(=O)(=O)CCNC(=O)OCc1ccccc1. The number of hydrogen-bond donors (Lipinski definition) is 1. The molecule has 0 aliphatic carbocycles. The second kappa shape index (κ2) is 7.58. The van der Waals surface area contributed by atoms with Crippen molar-refractivity contribution >= 4 is 15.9 Å². The van der Waals surface area contributed by atoms with Gasteiger partial charge in [0.05, 0.1) is 11.5 Å². The normalized spacial score (nSPS) is 10.7. The lowest BCUT2D eigenvalue weighted by atomic mass is 10.2. The fraction of sp³-hybridized carbons (Fsp3) is 0.308. The van der Waals surface area contributed by atoms with Gasteiger partial charge >= 0.3 is 6.09 Å². The van der Waals surface area contributed by atoms with Crippen molar-refractivity contribution < 1.29 is 17.9 Å². The largest absolute Gasteiger partial charge is 0.445 e. The minimum atomic E-state index is -3.18. The molecular weight excluding hydrogens is 266 g/mol. The maximum absolute atomic E-state index is 11.3. The van der Waals surface area contributed by atoms with Crippen molar-refractivity contribution in [2.24, 2.45) is 0 Å². The number of benzene rings is 1. The van der Waals surface area contributed by atoms with Crippen molar-refractivity contribution in [2.75, 3.05) is 18.1 Å². The Hall–Kier alpha value is -1.82. The zero-order valence-electron chi connectivity index (χ0n) is 10.5. The number of carbonyl (C=O) groups is 1. The number of ether oxygens (including phenoxy) is 1. The van der Waals surface area contributed by atoms with Gasteiger partial charge in [0.1, 0.15) is 6.61 Å². The second-order valence-corrected chi connectivity index (χ2v) is 6.12. The molecule has 6 heteroatoms. The molecule has 0 radical (unpaired) electrons. The lowest BCUT2D eigenvalue weighted by Gasteiger charge is -2.07. The van der Waals surface area contributed by atoms with Crippen LogP contribution >= 0.6 is 0 Å². The highest BCUT2D eigenvalue weighted by molar-refractivity contribution is 7.91. The molecule has 1 N–H and O–H groups in total. The molecule has 1 aromatic rings. The first-order valence-electron chi connectivity index (χ1n) is 5.79. The lowest BCUT2D eigenvalue weighted by molar-refractivity contribution is 0.140. The second-order valence-electron chi connectivity index (χ2n) is 3.89. The molecule has 0 aliphatic rings.